The summed E-state index contributed by atoms with van der Waals surface area (Å²) in [7, 11) is 0. The number of hydrogen-bond acceptors (Lipinski definition) is 7. The van der Waals surface area contributed by atoms with E-state index in [4.69, 9.17) is 4.74 Å². The molecule has 0 radical (unpaired) electrons. The summed E-state index contributed by atoms with van der Waals surface area (Å²) in [4.78, 5) is 22.5. The van der Waals surface area contributed by atoms with Crippen LogP contribution in [-0.4, -0.2) is 39.8 Å². The minimum absolute atomic E-state index is 0.0124. The number of aliphatic hydroxyl groups excluding tert-OH is 1. The molecule has 0 aromatic carbocycles. The number of ether oxygens (including phenoxy) is 1. The molecule has 2 aromatic heterocycles. The van der Waals surface area contributed by atoms with E-state index in [1.807, 2.05) is 13.8 Å². The van der Waals surface area contributed by atoms with Gasteiger partial charge in [-0.3, -0.25) is 0 Å². The zero-order valence-corrected chi connectivity index (χ0v) is 15.1. The average molecular weight is 349 g/mol. The van der Waals surface area contributed by atoms with Gasteiger partial charge in [0.25, 0.3) is 0 Å². The van der Waals surface area contributed by atoms with Gasteiger partial charge in [-0.15, -0.1) is 11.3 Å². The lowest BCUT2D eigenvalue weighted by Crippen LogP contribution is -2.36. The van der Waals surface area contributed by atoms with Crippen molar-refractivity contribution < 1.29 is 14.6 Å². The Morgan fingerprint density at radius 1 is 1.33 bits per heavy atom. The van der Waals surface area contributed by atoms with E-state index in [0.29, 0.717) is 23.1 Å². The summed E-state index contributed by atoms with van der Waals surface area (Å²) in [6.07, 6.45) is 3.51. The largest absolute Gasteiger partial charge is 0.462 e. The number of fused-ring (bicyclic) bond motifs is 1. The number of thiophene rings is 1. The molecule has 0 unspecified atom stereocenters. The first-order valence-corrected chi connectivity index (χ1v) is 9.22. The van der Waals surface area contributed by atoms with Crippen molar-refractivity contribution in [2.75, 3.05) is 11.9 Å². The molecule has 1 saturated carbocycles. The highest BCUT2D eigenvalue weighted by Crippen LogP contribution is 2.35. The standard InChI is InChI=1S/C17H23N3O3S/c1-4-23-17(22)14-9(2)13-15(18-10(3)19-16(13)24-14)20-11-7-5-6-8-12(11)21/h11-12,21H,4-8H2,1-3H3,(H,18,19,20)/t11-,12+/m0/s1. The molecule has 0 amide bonds. The minimum Gasteiger partial charge on any atom is -0.462 e. The predicted octanol–water partition coefficient (Wildman–Crippen LogP) is 3.20. The van der Waals surface area contributed by atoms with E-state index in [1.54, 1.807) is 6.92 Å². The normalized spacial score (nSPS) is 21.0. The smallest absolute Gasteiger partial charge is 0.348 e. The highest BCUT2D eigenvalue weighted by molar-refractivity contribution is 7.20. The summed E-state index contributed by atoms with van der Waals surface area (Å²) in [6, 6.07) is -0.0124. The molecule has 24 heavy (non-hydrogen) atoms. The summed E-state index contributed by atoms with van der Waals surface area (Å²) < 4.78 is 5.14. The Morgan fingerprint density at radius 2 is 2.08 bits per heavy atom. The number of aryl methyl sites for hydroxylation is 2. The van der Waals surface area contributed by atoms with Crippen LogP contribution in [0, 0.1) is 13.8 Å². The number of carbonyl (C=O) groups excluding carboxylic acids is 1. The Balaban J connectivity index is 2.02. The van der Waals surface area contributed by atoms with Crippen LogP contribution in [0.3, 0.4) is 0 Å². The Morgan fingerprint density at radius 3 is 2.79 bits per heavy atom. The maximum atomic E-state index is 12.2. The van der Waals surface area contributed by atoms with Crippen LogP contribution in [0.25, 0.3) is 10.2 Å². The molecule has 0 aliphatic heterocycles. The van der Waals surface area contributed by atoms with E-state index in [1.165, 1.54) is 11.3 Å². The molecule has 1 aliphatic rings. The SMILES string of the molecule is CCOC(=O)c1sc2nc(C)nc(N[C@H]3CCCC[C@H]3O)c2c1C. The Bertz CT molecular complexity index is 759. The molecule has 2 N–H and O–H groups in total. The zero-order chi connectivity index (χ0) is 17.3. The van der Waals surface area contributed by atoms with Crippen LogP contribution < -0.4 is 5.32 Å². The van der Waals surface area contributed by atoms with Gasteiger partial charge >= 0.3 is 5.97 Å². The number of nitrogens with one attached hydrogen (secondary N) is 1. The van der Waals surface area contributed by atoms with Gasteiger partial charge in [-0.25, -0.2) is 14.8 Å². The van der Waals surface area contributed by atoms with Crippen molar-refractivity contribution in [2.45, 2.75) is 58.6 Å². The van der Waals surface area contributed by atoms with Gasteiger partial charge in [-0.2, -0.15) is 0 Å². The third kappa shape index (κ3) is 3.23. The van der Waals surface area contributed by atoms with E-state index < -0.39 is 0 Å². The number of aromatic nitrogens is 2. The fourth-order valence-corrected chi connectivity index (χ4v) is 4.32. The number of carbonyl (C=O) groups is 1. The maximum absolute atomic E-state index is 12.2. The van der Waals surface area contributed by atoms with Crippen LogP contribution in [0.1, 0.15) is 53.7 Å². The van der Waals surface area contributed by atoms with Crippen LogP contribution in [0.4, 0.5) is 5.82 Å². The topological polar surface area (TPSA) is 84.3 Å². The lowest BCUT2D eigenvalue weighted by molar-refractivity contribution is 0.0531. The first-order chi connectivity index (χ1) is 11.5. The second-order valence-electron chi connectivity index (χ2n) is 6.18. The molecule has 3 rings (SSSR count). The zero-order valence-electron chi connectivity index (χ0n) is 14.3. The molecule has 6 nitrogen and oxygen atoms in total. The van der Waals surface area contributed by atoms with Crippen LogP contribution in [0.5, 0.6) is 0 Å². The van der Waals surface area contributed by atoms with Gasteiger partial charge in [-0.05, 0) is 39.2 Å². The molecule has 2 heterocycles. The van der Waals surface area contributed by atoms with Gasteiger partial charge in [0.1, 0.15) is 21.3 Å². The fourth-order valence-electron chi connectivity index (χ4n) is 3.20. The van der Waals surface area contributed by atoms with E-state index >= 15 is 0 Å². The monoisotopic (exact) mass is 349 g/mol. The Labute approximate surface area is 145 Å². The number of anilines is 1. The van der Waals surface area contributed by atoms with Crippen LogP contribution in [0.2, 0.25) is 0 Å². The van der Waals surface area contributed by atoms with Crippen LogP contribution in [-0.2, 0) is 4.74 Å². The fraction of sp³-hybridized carbons (Fsp3) is 0.588. The molecule has 0 spiro atoms. The third-order valence-electron chi connectivity index (χ3n) is 4.41. The molecule has 1 aliphatic carbocycles. The van der Waals surface area contributed by atoms with Crippen molar-refractivity contribution in [2.24, 2.45) is 0 Å². The van der Waals surface area contributed by atoms with E-state index in [0.717, 1.165) is 41.5 Å². The van der Waals surface area contributed by atoms with Gasteiger partial charge in [0.05, 0.1) is 24.1 Å². The van der Waals surface area contributed by atoms with Gasteiger partial charge in [0, 0.05) is 0 Å². The highest BCUT2D eigenvalue weighted by atomic mass is 32.1. The van der Waals surface area contributed by atoms with Crippen LogP contribution >= 0.6 is 11.3 Å². The number of nitrogens with zero attached hydrogens (tertiary/aromatic N) is 2. The average Bonchev–Trinajstić information content (AvgIpc) is 2.86. The minimum atomic E-state index is -0.368. The van der Waals surface area contributed by atoms with Crippen molar-refractivity contribution in [1.29, 1.82) is 0 Å². The van der Waals surface area contributed by atoms with Gasteiger partial charge in [0.2, 0.25) is 0 Å². The summed E-state index contributed by atoms with van der Waals surface area (Å²) in [5.41, 5.74) is 0.834. The number of esters is 1. The first-order valence-electron chi connectivity index (χ1n) is 8.40. The van der Waals surface area contributed by atoms with Gasteiger partial charge in [-0.1, -0.05) is 12.8 Å². The van der Waals surface area contributed by atoms with Crippen molar-refractivity contribution in [1.82, 2.24) is 9.97 Å². The molecule has 0 bridgehead atoms. The lowest BCUT2D eigenvalue weighted by Gasteiger charge is -2.29. The van der Waals surface area contributed by atoms with E-state index in [9.17, 15) is 9.90 Å². The lowest BCUT2D eigenvalue weighted by atomic mass is 9.92. The quantitative estimate of drug-likeness (QED) is 0.825. The predicted molar refractivity (Wildman–Crippen MR) is 94.7 cm³/mol. The number of hydrogen-bond donors (Lipinski definition) is 2. The molecular weight excluding hydrogens is 326 g/mol. The summed E-state index contributed by atoms with van der Waals surface area (Å²) in [6.45, 7) is 5.87. The van der Waals surface area contributed by atoms with E-state index in [2.05, 4.69) is 15.3 Å². The second-order valence-corrected chi connectivity index (χ2v) is 7.18. The summed E-state index contributed by atoms with van der Waals surface area (Å²) >= 11 is 1.33. The molecule has 0 saturated heterocycles. The van der Waals surface area contributed by atoms with Gasteiger partial charge < -0.3 is 15.2 Å². The molecular formula is C17H23N3O3S. The van der Waals surface area contributed by atoms with Crippen molar-refractivity contribution in [3.8, 4) is 0 Å². The Hall–Kier alpha value is -1.73. The van der Waals surface area contributed by atoms with Crippen molar-refractivity contribution >= 4 is 33.3 Å². The second kappa shape index (κ2) is 7.03. The molecule has 2 aromatic rings. The number of aliphatic hydroxyl groups is 1. The first kappa shape index (κ1) is 17.1. The summed E-state index contributed by atoms with van der Waals surface area (Å²) in [5, 5.41) is 14.5. The van der Waals surface area contributed by atoms with Crippen molar-refractivity contribution in [3.05, 3.63) is 16.3 Å². The number of rotatable bonds is 4. The van der Waals surface area contributed by atoms with Crippen LogP contribution in [0.15, 0.2) is 0 Å². The van der Waals surface area contributed by atoms with Gasteiger partial charge in [0.15, 0.2) is 0 Å². The molecule has 2 atom stereocenters. The molecule has 7 heteroatoms. The van der Waals surface area contributed by atoms with Crippen molar-refractivity contribution in [3.63, 3.8) is 0 Å². The molecule has 1 fully saturated rings. The highest BCUT2D eigenvalue weighted by Gasteiger charge is 2.26. The van der Waals surface area contributed by atoms with E-state index in [-0.39, 0.29) is 18.1 Å². The Kier molecular flexibility index (Phi) is 5.01. The maximum Gasteiger partial charge on any atom is 0.348 e. The third-order valence-corrected chi connectivity index (χ3v) is 5.58. The molecule has 130 valence electrons. The summed E-state index contributed by atoms with van der Waals surface area (Å²) in [5.74, 6) is 1.03.